The lowest BCUT2D eigenvalue weighted by molar-refractivity contribution is 0.415. The average Bonchev–Trinajstić information content (AvgIpc) is 2.95. The summed E-state index contributed by atoms with van der Waals surface area (Å²) in [5.74, 6) is 0.780. The highest BCUT2D eigenvalue weighted by atomic mass is 32.1. The fourth-order valence-electron chi connectivity index (χ4n) is 2.02. The van der Waals surface area contributed by atoms with Crippen LogP contribution in [-0.2, 0) is 0 Å². The second kappa shape index (κ2) is 5.95. The average molecular weight is 314 g/mol. The maximum atomic E-state index is 9.88. The Kier molecular flexibility index (Phi) is 3.84. The van der Waals surface area contributed by atoms with Gasteiger partial charge in [-0.2, -0.15) is 0 Å². The molecule has 3 N–H and O–H groups in total. The van der Waals surface area contributed by atoms with Crippen molar-refractivity contribution in [2.24, 2.45) is 0 Å². The summed E-state index contributed by atoms with van der Waals surface area (Å²) < 4.78 is 5.18. The van der Waals surface area contributed by atoms with Crippen LogP contribution in [-0.4, -0.2) is 22.3 Å². The number of aromatic hydroxyl groups is 2. The number of nitrogens with one attached hydrogen (secondary N) is 1. The molecular weight excluding hydrogens is 300 g/mol. The molecule has 0 bridgehead atoms. The molecule has 3 rings (SSSR count). The zero-order valence-electron chi connectivity index (χ0n) is 11.8. The second-order valence-electron chi connectivity index (χ2n) is 4.60. The summed E-state index contributed by atoms with van der Waals surface area (Å²) in [5, 5.41) is 25.0. The third kappa shape index (κ3) is 2.96. The van der Waals surface area contributed by atoms with Crippen molar-refractivity contribution in [1.82, 2.24) is 4.98 Å². The molecule has 1 aromatic heterocycles. The minimum atomic E-state index is -0.00164. The minimum absolute atomic E-state index is 0.00164. The van der Waals surface area contributed by atoms with Crippen molar-refractivity contribution in [1.29, 1.82) is 0 Å². The summed E-state index contributed by atoms with van der Waals surface area (Å²) in [6, 6.07) is 12.0. The third-order valence-corrected chi connectivity index (χ3v) is 3.84. The van der Waals surface area contributed by atoms with Gasteiger partial charge in [-0.15, -0.1) is 11.3 Å². The molecule has 0 atom stereocenters. The first kappa shape index (κ1) is 14.2. The number of rotatable bonds is 4. The number of aromatic nitrogens is 1. The molecule has 2 aromatic carbocycles. The predicted octanol–water partition coefficient (Wildman–Crippen LogP) is 3.97. The Morgan fingerprint density at radius 3 is 2.77 bits per heavy atom. The Hall–Kier alpha value is -2.73. The molecule has 3 aromatic rings. The normalized spacial score (nSPS) is 10.4. The molecule has 0 amide bonds. The van der Waals surface area contributed by atoms with Crippen LogP contribution in [0.2, 0.25) is 0 Å². The molecule has 0 saturated carbocycles. The van der Waals surface area contributed by atoms with Crippen molar-refractivity contribution < 1.29 is 14.9 Å². The van der Waals surface area contributed by atoms with Crippen LogP contribution in [0.1, 0.15) is 0 Å². The molecule has 22 heavy (non-hydrogen) atoms. The lowest BCUT2D eigenvalue weighted by atomic mass is 10.1. The molecular formula is C16H14N2O3S. The number of phenols is 2. The SMILES string of the molecule is COc1cccc(Nc2nc(-c3ccc(O)cc3O)cs2)c1. The number of nitrogens with zero attached hydrogens (tertiary/aromatic N) is 1. The van der Waals surface area contributed by atoms with Crippen LogP contribution >= 0.6 is 11.3 Å². The molecule has 112 valence electrons. The second-order valence-corrected chi connectivity index (χ2v) is 5.45. The summed E-state index contributed by atoms with van der Waals surface area (Å²) in [6.45, 7) is 0. The zero-order chi connectivity index (χ0) is 15.5. The first-order valence-corrected chi connectivity index (χ1v) is 7.42. The Balaban J connectivity index is 1.84. The Morgan fingerprint density at radius 2 is 2.00 bits per heavy atom. The topological polar surface area (TPSA) is 74.6 Å². The van der Waals surface area contributed by atoms with Crippen molar-refractivity contribution >= 4 is 22.2 Å². The van der Waals surface area contributed by atoms with E-state index in [0.29, 0.717) is 16.4 Å². The minimum Gasteiger partial charge on any atom is -0.508 e. The van der Waals surface area contributed by atoms with E-state index in [1.165, 1.54) is 23.5 Å². The molecule has 0 aliphatic heterocycles. The van der Waals surface area contributed by atoms with E-state index < -0.39 is 0 Å². The van der Waals surface area contributed by atoms with Crippen molar-refractivity contribution in [3.63, 3.8) is 0 Å². The highest BCUT2D eigenvalue weighted by Gasteiger charge is 2.10. The van der Waals surface area contributed by atoms with Crippen LogP contribution in [0, 0.1) is 0 Å². The molecule has 0 saturated heterocycles. The zero-order valence-corrected chi connectivity index (χ0v) is 12.6. The monoisotopic (exact) mass is 314 g/mol. The Labute approximate surface area is 131 Å². The van der Waals surface area contributed by atoms with Crippen LogP contribution in [0.25, 0.3) is 11.3 Å². The van der Waals surface area contributed by atoms with Gasteiger partial charge in [-0.3, -0.25) is 0 Å². The molecule has 1 heterocycles. The number of hydrogen-bond acceptors (Lipinski definition) is 6. The van der Waals surface area contributed by atoms with Gasteiger partial charge in [0.2, 0.25) is 0 Å². The standard InChI is InChI=1S/C16H14N2O3S/c1-21-12-4-2-3-10(7-12)17-16-18-14(9-22-16)13-6-5-11(19)8-15(13)20/h2-9,19-20H,1H3,(H,17,18). The van der Waals surface area contributed by atoms with Gasteiger partial charge in [0.25, 0.3) is 0 Å². The van der Waals surface area contributed by atoms with E-state index in [-0.39, 0.29) is 11.5 Å². The van der Waals surface area contributed by atoms with Gasteiger partial charge < -0.3 is 20.3 Å². The van der Waals surface area contributed by atoms with Crippen LogP contribution in [0.3, 0.4) is 0 Å². The molecule has 0 spiro atoms. The number of hydrogen-bond donors (Lipinski definition) is 3. The highest BCUT2D eigenvalue weighted by molar-refractivity contribution is 7.14. The lowest BCUT2D eigenvalue weighted by Crippen LogP contribution is -1.91. The van der Waals surface area contributed by atoms with Gasteiger partial charge in [-0.25, -0.2) is 4.98 Å². The van der Waals surface area contributed by atoms with Crippen molar-refractivity contribution in [3.05, 3.63) is 47.8 Å². The molecule has 5 nitrogen and oxygen atoms in total. The van der Waals surface area contributed by atoms with Gasteiger partial charge in [0.1, 0.15) is 17.2 Å². The number of methoxy groups -OCH3 is 1. The van der Waals surface area contributed by atoms with E-state index in [0.717, 1.165) is 11.4 Å². The first-order valence-electron chi connectivity index (χ1n) is 6.54. The van der Waals surface area contributed by atoms with Gasteiger partial charge in [0.05, 0.1) is 12.8 Å². The van der Waals surface area contributed by atoms with E-state index in [1.807, 2.05) is 29.6 Å². The van der Waals surface area contributed by atoms with Gasteiger partial charge in [-0.1, -0.05) is 6.07 Å². The Bertz CT molecular complexity index is 802. The largest absolute Gasteiger partial charge is 0.508 e. The lowest BCUT2D eigenvalue weighted by Gasteiger charge is -2.05. The number of benzene rings is 2. The maximum Gasteiger partial charge on any atom is 0.187 e. The summed E-state index contributed by atoms with van der Waals surface area (Å²) in [7, 11) is 1.62. The van der Waals surface area contributed by atoms with E-state index in [9.17, 15) is 10.2 Å². The molecule has 0 unspecified atom stereocenters. The summed E-state index contributed by atoms with van der Waals surface area (Å²) >= 11 is 1.43. The van der Waals surface area contributed by atoms with E-state index in [4.69, 9.17) is 4.74 Å². The van der Waals surface area contributed by atoms with Crippen molar-refractivity contribution in [2.75, 3.05) is 12.4 Å². The van der Waals surface area contributed by atoms with Crippen molar-refractivity contribution in [3.8, 4) is 28.5 Å². The van der Waals surface area contributed by atoms with Gasteiger partial charge >= 0.3 is 0 Å². The smallest absolute Gasteiger partial charge is 0.187 e. The number of anilines is 2. The van der Waals surface area contributed by atoms with E-state index in [2.05, 4.69) is 10.3 Å². The maximum absolute atomic E-state index is 9.88. The van der Waals surface area contributed by atoms with Crippen LogP contribution < -0.4 is 10.1 Å². The van der Waals surface area contributed by atoms with E-state index >= 15 is 0 Å². The summed E-state index contributed by atoms with van der Waals surface area (Å²) in [4.78, 5) is 4.45. The number of phenolic OH excluding ortho intramolecular Hbond substituents is 2. The summed E-state index contributed by atoms with van der Waals surface area (Å²) in [5.41, 5.74) is 2.09. The third-order valence-electron chi connectivity index (χ3n) is 3.08. The fourth-order valence-corrected chi connectivity index (χ4v) is 2.75. The van der Waals surface area contributed by atoms with Gasteiger partial charge in [0, 0.05) is 28.8 Å². The first-order chi connectivity index (χ1) is 10.7. The van der Waals surface area contributed by atoms with Crippen LogP contribution in [0.15, 0.2) is 47.8 Å². The fraction of sp³-hybridized carbons (Fsp3) is 0.0625. The van der Waals surface area contributed by atoms with Gasteiger partial charge in [0.15, 0.2) is 5.13 Å². The van der Waals surface area contributed by atoms with Crippen LogP contribution in [0.5, 0.6) is 17.2 Å². The quantitative estimate of drug-likeness (QED) is 0.679. The molecule has 0 radical (unpaired) electrons. The van der Waals surface area contributed by atoms with Crippen LogP contribution in [0.4, 0.5) is 10.8 Å². The Morgan fingerprint density at radius 1 is 1.14 bits per heavy atom. The van der Waals surface area contributed by atoms with E-state index in [1.54, 1.807) is 13.2 Å². The molecule has 0 fully saturated rings. The molecule has 6 heteroatoms. The predicted molar refractivity (Wildman–Crippen MR) is 87.2 cm³/mol. The highest BCUT2D eigenvalue weighted by Crippen LogP contribution is 2.34. The number of ether oxygens (including phenoxy) is 1. The molecule has 0 aliphatic rings. The van der Waals surface area contributed by atoms with Gasteiger partial charge in [-0.05, 0) is 24.3 Å². The molecule has 0 aliphatic carbocycles. The number of thiazole rings is 1. The van der Waals surface area contributed by atoms with Crippen molar-refractivity contribution in [2.45, 2.75) is 0 Å². The summed E-state index contributed by atoms with van der Waals surface area (Å²) in [6.07, 6.45) is 0.